The van der Waals surface area contributed by atoms with Gasteiger partial charge in [0, 0.05) is 117 Å². The van der Waals surface area contributed by atoms with E-state index >= 15 is 4.79 Å². The molecule has 0 unspecified atom stereocenters. The zero-order valence-electron chi connectivity index (χ0n) is 45.4. The van der Waals surface area contributed by atoms with Crippen molar-refractivity contribution < 1.29 is 38.1 Å². The number of rotatable bonds is 12. The highest BCUT2D eigenvalue weighted by atomic mass is 32.1. The van der Waals surface area contributed by atoms with Crippen molar-refractivity contribution in [1.82, 2.24) is 40.1 Å². The summed E-state index contributed by atoms with van der Waals surface area (Å²) in [6.07, 6.45) is 7.05. The average molecular weight is 1050 g/mol. The van der Waals surface area contributed by atoms with E-state index in [1.165, 1.54) is 29.2 Å². The van der Waals surface area contributed by atoms with Crippen LogP contribution in [-0.4, -0.2) is 162 Å². The molecule has 11 rings (SSSR count). The number of nitrogens with zero attached hydrogens (tertiary/aromatic N) is 7. The summed E-state index contributed by atoms with van der Waals surface area (Å²) in [7, 11) is 1.74. The minimum Gasteiger partial charge on any atom is -0.464 e. The maximum atomic E-state index is 15.1. The van der Waals surface area contributed by atoms with Gasteiger partial charge >= 0.3 is 5.97 Å². The number of thiazole rings is 1. The normalized spacial score (nSPS) is 28.3. The molecule has 7 aliphatic rings. The Morgan fingerprint density at radius 3 is 2.52 bits per heavy atom. The molecule has 75 heavy (non-hydrogen) atoms. The summed E-state index contributed by atoms with van der Waals surface area (Å²) in [6, 6.07) is 7.38. The number of hydrazine groups is 1. The number of amides is 2. The van der Waals surface area contributed by atoms with Crippen LogP contribution in [0.5, 0.6) is 0 Å². The number of benzene rings is 1. The summed E-state index contributed by atoms with van der Waals surface area (Å²) >= 11 is 1.51. The molecule has 6 fully saturated rings. The van der Waals surface area contributed by atoms with Gasteiger partial charge in [0.25, 0.3) is 5.91 Å². The molecule has 2 N–H and O–H groups in total. The number of methoxy groups -OCH3 is 1. The molecule has 6 bridgehead atoms. The highest BCUT2D eigenvalue weighted by Crippen LogP contribution is 2.44. The van der Waals surface area contributed by atoms with Gasteiger partial charge in [-0.25, -0.2) is 10.4 Å². The number of anilines is 1. The fourth-order valence-electron chi connectivity index (χ4n) is 12.4. The third kappa shape index (κ3) is 11.0. The quantitative estimate of drug-likeness (QED) is 0.141. The number of likely N-dealkylation sites (tertiary alicyclic amines) is 1. The zero-order valence-corrected chi connectivity index (χ0v) is 46.2. The topological polar surface area (TPSA) is 165 Å². The van der Waals surface area contributed by atoms with Gasteiger partial charge in [0.1, 0.15) is 23.2 Å². The number of carbonyl (C=O) groups excluding carboxylic acids is 3. The Labute approximate surface area is 446 Å². The highest BCUT2D eigenvalue weighted by Gasteiger charge is 2.47. The Morgan fingerprint density at radius 2 is 1.81 bits per heavy atom. The number of carbonyl (C=O) groups is 3. The summed E-state index contributed by atoms with van der Waals surface area (Å²) in [4.78, 5) is 61.5. The van der Waals surface area contributed by atoms with Crippen molar-refractivity contribution in [2.75, 3.05) is 84.3 Å². The van der Waals surface area contributed by atoms with Crippen molar-refractivity contribution in [1.29, 1.82) is 0 Å². The van der Waals surface area contributed by atoms with Crippen LogP contribution in [0.4, 0.5) is 5.69 Å². The molecule has 1 aliphatic carbocycles. The van der Waals surface area contributed by atoms with Gasteiger partial charge in [0.05, 0.1) is 72.6 Å². The van der Waals surface area contributed by atoms with Crippen LogP contribution in [0, 0.1) is 17.3 Å². The molecule has 1 saturated carbocycles. The van der Waals surface area contributed by atoms with Crippen molar-refractivity contribution in [3.8, 4) is 22.5 Å². The van der Waals surface area contributed by atoms with Gasteiger partial charge in [-0.15, -0.1) is 11.3 Å². The first-order valence-electron chi connectivity index (χ1n) is 27.8. The fraction of sp³-hybridized carbons (Fsp3) is 0.667. The smallest absolute Gasteiger partial charge is 0.324 e. The van der Waals surface area contributed by atoms with Crippen LogP contribution in [0.15, 0.2) is 35.8 Å². The number of nitrogens with one attached hydrogen (secondary N) is 2. The molecule has 7 atom stereocenters. The average Bonchev–Trinajstić information content (AvgIpc) is 4.07. The highest BCUT2D eigenvalue weighted by molar-refractivity contribution is 7.10. The van der Waals surface area contributed by atoms with E-state index in [1.54, 1.807) is 7.11 Å². The first-order valence-corrected chi connectivity index (χ1v) is 28.7. The Kier molecular flexibility index (Phi) is 15.0. The number of pyridine rings is 1. The van der Waals surface area contributed by atoms with Crippen LogP contribution in [0.3, 0.4) is 0 Å². The predicted octanol–water partition coefficient (Wildman–Crippen LogP) is 6.93. The van der Waals surface area contributed by atoms with Gasteiger partial charge in [-0.05, 0) is 89.0 Å². The lowest BCUT2D eigenvalue weighted by molar-refractivity contribution is -0.163. The second-order valence-corrected chi connectivity index (χ2v) is 25.0. The first-order chi connectivity index (χ1) is 36.0. The first kappa shape index (κ1) is 52.5. The van der Waals surface area contributed by atoms with Crippen LogP contribution < -0.4 is 15.6 Å². The van der Waals surface area contributed by atoms with E-state index in [2.05, 4.69) is 101 Å². The maximum absolute atomic E-state index is 15.1. The van der Waals surface area contributed by atoms with Crippen molar-refractivity contribution >= 4 is 45.7 Å². The lowest BCUT2D eigenvalue weighted by atomic mass is 9.84. The van der Waals surface area contributed by atoms with E-state index in [0.717, 1.165) is 114 Å². The van der Waals surface area contributed by atoms with Gasteiger partial charge in [0.2, 0.25) is 5.91 Å². The maximum Gasteiger partial charge on any atom is 0.324 e. The van der Waals surface area contributed by atoms with Gasteiger partial charge in [-0.3, -0.25) is 34.2 Å². The molecule has 2 amide bonds. The van der Waals surface area contributed by atoms with Gasteiger partial charge in [-0.2, -0.15) is 0 Å². The SMILES string of the molecule is CO[C@@H](C)c1ncc(N2CCN(C3CC3)CC2)cc1-c1c2c3cc(ccc3n1CCO[C@H]1CCOC(C)(C)C1)-c1csc(n1)[C@@H](N1CC(C)C1)[C@H](NC(=O)[C@@H]1OC[C@@H]1C)C(=O)N1CCC[C@H](N1)C(=O)OCC(C)(C)C2. The number of esters is 1. The van der Waals surface area contributed by atoms with Crippen molar-refractivity contribution in [3.05, 3.63) is 52.1 Å². The van der Waals surface area contributed by atoms with Crippen LogP contribution >= 0.6 is 11.3 Å². The largest absolute Gasteiger partial charge is 0.464 e. The van der Waals surface area contributed by atoms with E-state index in [-0.39, 0.29) is 42.1 Å². The van der Waals surface area contributed by atoms with Crippen molar-refractivity contribution in [2.45, 2.75) is 148 Å². The number of cyclic esters (lactones) is 1. The zero-order chi connectivity index (χ0) is 52.3. The minimum absolute atomic E-state index is 0.0230. The summed E-state index contributed by atoms with van der Waals surface area (Å²) in [5.41, 5.74) is 10.4. The second-order valence-electron chi connectivity index (χ2n) is 24.1. The molecule has 3 aromatic heterocycles. The van der Waals surface area contributed by atoms with Crippen LogP contribution in [-0.2, 0) is 51.0 Å². The fourth-order valence-corrected chi connectivity index (χ4v) is 13.4. The van der Waals surface area contributed by atoms with E-state index < -0.39 is 35.6 Å². The van der Waals surface area contributed by atoms with E-state index in [4.69, 9.17) is 33.7 Å². The molecule has 18 heteroatoms. The second kappa shape index (κ2) is 21.4. The number of fused-ring (bicyclic) bond motifs is 6. The third-order valence-electron chi connectivity index (χ3n) is 16.9. The molecule has 17 nitrogen and oxygen atoms in total. The molecule has 4 aromatic rings. The van der Waals surface area contributed by atoms with Crippen molar-refractivity contribution in [3.63, 3.8) is 0 Å². The van der Waals surface area contributed by atoms with E-state index in [9.17, 15) is 9.59 Å². The summed E-state index contributed by atoms with van der Waals surface area (Å²) in [5, 5.41) is 8.59. The van der Waals surface area contributed by atoms with Crippen LogP contribution in [0.1, 0.15) is 115 Å². The molecular weight excluding hydrogens is 971 g/mol. The Balaban J connectivity index is 1.06. The molecular formula is C57H79N9O8S. The van der Waals surface area contributed by atoms with Crippen LogP contribution in [0.25, 0.3) is 33.4 Å². The number of ether oxygens (including phenoxy) is 5. The van der Waals surface area contributed by atoms with E-state index in [0.29, 0.717) is 58.1 Å². The third-order valence-corrected chi connectivity index (χ3v) is 17.8. The monoisotopic (exact) mass is 1050 g/mol. The number of aromatic nitrogens is 3. The van der Waals surface area contributed by atoms with Gasteiger partial charge in [0.15, 0.2) is 0 Å². The number of piperazine rings is 1. The van der Waals surface area contributed by atoms with Gasteiger partial charge < -0.3 is 38.5 Å². The van der Waals surface area contributed by atoms with E-state index in [1.807, 2.05) is 13.1 Å². The van der Waals surface area contributed by atoms with Gasteiger partial charge in [-0.1, -0.05) is 33.8 Å². The molecule has 6 aliphatic heterocycles. The molecule has 0 spiro atoms. The Morgan fingerprint density at radius 1 is 1.01 bits per heavy atom. The lowest BCUT2D eigenvalue weighted by Crippen LogP contribution is -2.65. The molecule has 9 heterocycles. The standard InChI is InChI=1S/C57H79N9O8S/c1-34-29-64(30-34)50-48(60-52(67)51-35(2)31-72-51)54(68)66-16-9-10-44(61-66)55(69)73-33-56(4,5)27-43-41-24-37(45-32-75-53(50)59-45)11-14-46(41)65(21-23-71-40-15-22-74-57(6,7)26-40)49(43)42-25-39(28-58-47(42)36(3)70-8)63-19-17-62(18-20-63)38-12-13-38/h11,14,24-25,28,32,34-36,38,40,44,48,50-51,61H,9-10,12-13,15-23,26-27,29-31,33H2,1-8H3,(H,60,67)/t35-,36-,40-,44-,48-,50-,51+/m0/s1. The summed E-state index contributed by atoms with van der Waals surface area (Å²) < 4.78 is 33.5. The van der Waals surface area contributed by atoms with Crippen molar-refractivity contribution in [2.24, 2.45) is 17.3 Å². The Bertz CT molecular complexity index is 2740. The lowest BCUT2D eigenvalue weighted by Gasteiger charge is -2.46. The predicted molar refractivity (Wildman–Crippen MR) is 288 cm³/mol. The Hall–Kier alpha value is -4.53. The number of hydrogen-bond donors (Lipinski definition) is 2. The molecule has 406 valence electrons. The summed E-state index contributed by atoms with van der Waals surface area (Å²) in [6.45, 7) is 23.0. The minimum atomic E-state index is -1.00. The molecule has 1 aromatic carbocycles. The molecule has 0 radical (unpaired) electrons. The number of hydrogen-bond acceptors (Lipinski definition) is 15. The molecule has 5 saturated heterocycles. The van der Waals surface area contributed by atoms with Crippen LogP contribution in [0.2, 0.25) is 0 Å². The summed E-state index contributed by atoms with van der Waals surface area (Å²) in [5.74, 6) is -0.620.